The maximum atomic E-state index is 11.0. The third kappa shape index (κ3) is 1.32. The molecule has 1 aliphatic rings. The molecule has 0 spiro atoms. The summed E-state index contributed by atoms with van der Waals surface area (Å²) < 4.78 is 5.21. The van der Waals surface area contributed by atoms with Gasteiger partial charge in [-0.25, -0.2) is 4.79 Å². The lowest BCUT2D eigenvalue weighted by atomic mass is 9.93. The minimum absolute atomic E-state index is 0.207. The average molecular weight is 157 g/mol. The molecule has 0 radical (unpaired) electrons. The molecule has 1 fully saturated rings. The predicted octanol–water partition coefficient (Wildman–Crippen LogP) is 1.48. The van der Waals surface area contributed by atoms with Gasteiger partial charge in [0, 0.05) is 7.05 Å². The van der Waals surface area contributed by atoms with Crippen LogP contribution in [0.5, 0.6) is 0 Å². The summed E-state index contributed by atoms with van der Waals surface area (Å²) in [6.45, 7) is 6.79. The summed E-state index contributed by atoms with van der Waals surface area (Å²) in [6, 6.07) is 0. The van der Waals surface area contributed by atoms with Crippen molar-refractivity contribution >= 4 is 6.09 Å². The number of cyclic esters (lactones) is 1. The Morgan fingerprint density at radius 1 is 1.64 bits per heavy atom. The van der Waals surface area contributed by atoms with Crippen LogP contribution in [0.3, 0.4) is 0 Å². The number of carbonyl (C=O) groups is 1. The SMILES string of the molecule is CC(C)C1(C)CN(C)C(=O)O1. The molecule has 1 heterocycles. The number of hydrogen-bond acceptors (Lipinski definition) is 2. The smallest absolute Gasteiger partial charge is 0.410 e. The second-order valence-corrected chi connectivity index (χ2v) is 3.69. The molecule has 11 heavy (non-hydrogen) atoms. The molecule has 3 heteroatoms. The molecule has 1 aliphatic heterocycles. The van der Waals surface area contributed by atoms with Gasteiger partial charge in [0.05, 0.1) is 6.54 Å². The second kappa shape index (κ2) is 2.40. The van der Waals surface area contributed by atoms with Crippen LogP contribution in [0.15, 0.2) is 0 Å². The van der Waals surface area contributed by atoms with Crippen molar-refractivity contribution in [2.45, 2.75) is 26.4 Å². The normalized spacial score (nSPS) is 31.4. The Morgan fingerprint density at radius 2 is 2.18 bits per heavy atom. The van der Waals surface area contributed by atoms with Crippen molar-refractivity contribution in [2.75, 3.05) is 13.6 Å². The van der Waals surface area contributed by atoms with Crippen molar-refractivity contribution in [1.82, 2.24) is 4.90 Å². The lowest BCUT2D eigenvalue weighted by Gasteiger charge is -2.25. The fourth-order valence-corrected chi connectivity index (χ4v) is 1.15. The van der Waals surface area contributed by atoms with Gasteiger partial charge in [-0.2, -0.15) is 0 Å². The molecule has 0 bridgehead atoms. The van der Waals surface area contributed by atoms with E-state index in [1.54, 1.807) is 11.9 Å². The maximum absolute atomic E-state index is 11.0. The molecule has 0 aromatic heterocycles. The Balaban J connectivity index is 2.71. The predicted molar refractivity (Wildman–Crippen MR) is 42.4 cm³/mol. The number of rotatable bonds is 1. The van der Waals surface area contributed by atoms with Crippen molar-refractivity contribution in [2.24, 2.45) is 5.92 Å². The zero-order valence-corrected chi connectivity index (χ0v) is 7.55. The third-order valence-electron chi connectivity index (χ3n) is 2.40. The van der Waals surface area contributed by atoms with E-state index < -0.39 is 0 Å². The molecule has 1 saturated heterocycles. The molecule has 1 amide bonds. The molecule has 0 aromatic carbocycles. The Labute approximate surface area is 67.3 Å². The van der Waals surface area contributed by atoms with Gasteiger partial charge in [0.2, 0.25) is 0 Å². The number of hydrogen-bond donors (Lipinski definition) is 0. The summed E-state index contributed by atoms with van der Waals surface area (Å²) in [5.74, 6) is 0.372. The number of carbonyl (C=O) groups excluding carboxylic acids is 1. The summed E-state index contributed by atoms with van der Waals surface area (Å²) in [7, 11) is 1.76. The van der Waals surface area contributed by atoms with Crippen LogP contribution in [-0.2, 0) is 4.74 Å². The number of nitrogens with zero attached hydrogens (tertiary/aromatic N) is 1. The van der Waals surface area contributed by atoms with E-state index in [1.165, 1.54) is 0 Å². The number of amides is 1. The Morgan fingerprint density at radius 3 is 2.36 bits per heavy atom. The van der Waals surface area contributed by atoms with E-state index in [0.29, 0.717) is 12.5 Å². The molecule has 0 saturated carbocycles. The molecule has 0 aromatic rings. The Bertz CT molecular complexity index is 179. The molecule has 3 nitrogen and oxygen atoms in total. The second-order valence-electron chi connectivity index (χ2n) is 3.69. The average Bonchev–Trinajstić information content (AvgIpc) is 2.09. The topological polar surface area (TPSA) is 29.5 Å². The van der Waals surface area contributed by atoms with Gasteiger partial charge in [-0.1, -0.05) is 13.8 Å². The monoisotopic (exact) mass is 157 g/mol. The van der Waals surface area contributed by atoms with E-state index in [0.717, 1.165) is 0 Å². The quantitative estimate of drug-likeness (QED) is 0.577. The van der Waals surface area contributed by atoms with Crippen LogP contribution in [0.1, 0.15) is 20.8 Å². The van der Waals surface area contributed by atoms with Crippen molar-refractivity contribution in [3.63, 3.8) is 0 Å². The van der Waals surface area contributed by atoms with Crippen LogP contribution in [0.2, 0.25) is 0 Å². The van der Waals surface area contributed by atoms with Gasteiger partial charge in [-0.3, -0.25) is 0 Å². The molecule has 1 rings (SSSR count). The molecule has 0 aliphatic carbocycles. The van der Waals surface area contributed by atoms with Crippen LogP contribution in [0.25, 0.3) is 0 Å². The summed E-state index contributed by atoms with van der Waals surface area (Å²) in [6.07, 6.45) is -0.207. The number of likely N-dealkylation sites (N-methyl/N-ethyl adjacent to an activating group) is 1. The van der Waals surface area contributed by atoms with Crippen molar-refractivity contribution in [1.29, 1.82) is 0 Å². The highest BCUT2D eigenvalue weighted by Crippen LogP contribution is 2.28. The van der Waals surface area contributed by atoms with E-state index in [4.69, 9.17) is 4.74 Å². The molecule has 1 atom stereocenters. The van der Waals surface area contributed by atoms with Gasteiger partial charge >= 0.3 is 6.09 Å². The van der Waals surface area contributed by atoms with E-state index >= 15 is 0 Å². The van der Waals surface area contributed by atoms with Crippen molar-refractivity contribution in [3.05, 3.63) is 0 Å². The van der Waals surface area contributed by atoms with Gasteiger partial charge in [-0.15, -0.1) is 0 Å². The van der Waals surface area contributed by atoms with E-state index in [2.05, 4.69) is 13.8 Å². The van der Waals surface area contributed by atoms with Crippen LogP contribution in [0, 0.1) is 5.92 Å². The summed E-state index contributed by atoms with van der Waals surface area (Å²) >= 11 is 0. The number of ether oxygens (including phenoxy) is 1. The molecule has 64 valence electrons. The highest BCUT2D eigenvalue weighted by atomic mass is 16.6. The van der Waals surface area contributed by atoms with Crippen LogP contribution < -0.4 is 0 Å². The Kier molecular flexibility index (Phi) is 1.82. The van der Waals surface area contributed by atoms with E-state index in [1.807, 2.05) is 6.92 Å². The zero-order chi connectivity index (χ0) is 8.65. The Hall–Kier alpha value is -0.730. The summed E-state index contributed by atoms with van der Waals surface area (Å²) in [5, 5.41) is 0. The van der Waals surface area contributed by atoms with Gasteiger partial charge in [-0.05, 0) is 12.8 Å². The van der Waals surface area contributed by atoms with Crippen molar-refractivity contribution < 1.29 is 9.53 Å². The first-order valence-corrected chi connectivity index (χ1v) is 3.90. The summed E-state index contributed by atoms with van der Waals surface area (Å²) in [4.78, 5) is 12.6. The highest BCUT2D eigenvalue weighted by molar-refractivity contribution is 5.70. The van der Waals surface area contributed by atoms with Gasteiger partial charge in [0.25, 0.3) is 0 Å². The lowest BCUT2D eigenvalue weighted by molar-refractivity contribution is 0.0346. The van der Waals surface area contributed by atoms with Gasteiger partial charge < -0.3 is 9.64 Å². The first-order chi connectivity index (χ1) is 4.96. The molecular formula is C8H15NO2. The maximum Gasteiger partial charge on any atom is 0.410 e. The van der Waals surface area contributed by atoms with Crippen LogP contribution in [-0.4, -0.2) is 30.2 Å². The first-order valence-electron chi connectivity index (χ1n) is 3.90. The summed E-state index contributed by atoms with van der Waals surface area (Å²) in [5.41, 5.74) is -0.286. The lowest BCUT2D eigenvalue weighted by Crippen LogP contribution is -2.35. The fourth-order valence-electron chi connectivity index (χ4n) is 1.15. The van der Waals surface area contributed by atoms with Crippen LogP contribution in [0.4, 0.5) is 4.79 Å². The minimum Gasteiger partial charge on any atom is -0.441 e. The molecule has 1 unspecified atom stereocenters. The minimum atomic E-state index is -0.286. The zero-order valence-electron chi connectivity index (χ0n) is 7.55. The largest absolute Gasteiger partial charge is 0.441 e. The van der Waals surface area contributed by atoms with Crippen molar-refractivity contribution in [3.8, 4) is 0 Å². The highest BCUT2D eigenvalue weighted by Gasteiger charge is 2.41. The van der Waals surface area contributed by atoms with Crippen LogP contribution >= 0.6 is 0 Å². The van der Waals surface area contributed by atoms with E-state index in [-0.39, 0.29) is 11.7 Å². The fraction of sp³-hybridized carbons (Fsp3) is 0.875. The van der Waals surface area contributed by atoms with Gasteiger partial charge in [0.15, 0.2) is 0 Å². The molecular weight excluding hydrogens is 142 g/mol. The molecule has 0 N–H and O–H groups in total. The van der Waals surface area contributed by atoms with E-state index in [9.17, 15) is 4.79 Å². The standard InChI is InChI=1S/C8H15NO2/c1-6(2)8(3)5-9(4)7(10)11-8/h6H,5H2,1-4H3. The first kappa shape index (κ1) is 8.37. The third-order valence-corrected chi connectivity index (χ3v) is 2.40. The van der Waals surface area contributed by atoms with Gasteiger partial charge in [0.1, 0.15) is 5.60 Å².